The lowest BCUT2D eigenvalue weighted by Crippen LogP contribution is -2.40. The van der Waals surface area contributed by atoms with Crippen molar-refractivity contribution in [3.8, 4) is 0 Å². The van der Waals surface area contributed by atoms with Crippen molar-refractivity contribution < 1.29 is 0 Å². The van der Waals surface area contributed by atoms with Crippen LogP contribution in [-0.4, -0.2) is 14.5 Å². The summed E-state index contributed by atoms with van der Waals surface area (Å²) in [6, 6.07) is 0. The van der Waals surface area contributed by atoms with Gasteiger partial charge in [-0.15, -0.1) is 0 Å². The summed E-state index contributed by atoms with van der Waals surface area (Å²) in [6.45, 7) is 6.51. The summed E-state index contributed by atoms with van der Waals surface area (Å²) in [7, 11) is 0. The molecule has 0 aliphatic heterocycles. The highest BCUT2D eigenvalue weighted by molar-refractivity contribution is 5.10. The van der Waals surface area contributed by atoms with E-state index in [1.54, 1.807) is 10.9 Å². The van der Waals surface area contributed by atoms with Crippen molar-refractivity contribution in [3.05, 3.63) is 16.8 Å². The fourth-order valence-corrected chi connectivity index (χ4v) is 2.59. The summed E-state index contributed by atoms with van der Waals surface area (Å²) in [5, 5.41) is 0. The van der Waals surface area contributed by atoms with Crippen molar-refractivity contribution in [2.75, 3.05) is 5.73 Å². The number of nitrogens with two attached hydrogens (primary N) is 1. The first kappa shape index (κ1) is 16.7. The van der Waals surface area contributed by atoms with Crippen molar-refractivity contribution in [1.29, 1.82) is 0 Å². The van der Waals surface area contributed by atoms with E-state index in [-0.39, 0.29) is 17.2 Å². The first-order chi connectivity index (χ1) is 9.53. The summed E-state index contributed by atoms with van der Waals surface area (Å²) in [4.78, 5) is 19.8. The van der Waals surface area contributed by atoms with Crippen LogP contribution in [0, 0.1) is 0 Å². The van der Waals surface area contributed by atoms with E-state index in [1.165, 1.54) is 25.7 Å². The second-order valence-corrected chi connectivity index (χ2v) is 5.78. The second-order valence-electron chi connectivity index (χ2n) is 5.78. The van der Waals surface area contributed by atoms with E-state index >= 15 is 0 Å². The maximum Gasteiger partial charge on any atom is 0.352 e. The fourth-order valence-electron chi connectivity index (χ4n) is 2.59. The van der Waals surface area contributed by atoms with Gasteiger partial charge in [-0.05, 0) is 19.8 Å². The Morgan fingerprint density at radius 2 is 1.70 bits per heavy atom. The van der Waals surface area contributed by atoms with Crippen molar-refractivity contribution in [3.63, 3.8) is 0 Å². The van der Waals surface area contributed by atoms with E-state index in [0.717, 1.165) is 25.7 Å². The Morgan fingerprint density at radius 1 is 1.15 bits per heavy atom. The first-order valence-electron chi connectivity index (χ1n) is 7.75. The highest BCUT2D eigenvalue weighted by Crippen LogP contribution is 2.28. The summed E-state index contributed by atoms with van der Waals surface area (Å²) < 4.78 is 1.68. The van der Waals surface area contributed by atoms with Crippen LogP contribution in [0.5, 0.6) is 0 Å². The molecule has 0 amide bonds. The van der Waals surface area contributed by atoms with Gasteiger partial charge in [-0.3, -0.25) is 4.57 Å². The Morgan fingerprint density at radius 3 is 2.15 bits per heavy atom. The van der Waals surface area contributed by atoms with E-state index in [4.69, 9.17) is 5.73 Å². The van der Waals surface area contributed by atoms with Crippen molar-refractivity contribution in [2.24, 2.45) is 0 Å². The molecule has 0 fully saturated rings. The summed E-state index contributed by atoms with van der Waals surface area (Å²) in [6.07, 6.45) is 10.5. The second kappa shape index (κ2) is 8.02. The molecule has 1 heterocycles. The quantitative estimate of drug-likeness (QED) is 0.705. The van der Waals surface area contributed by atoms with E-state index in [9.17, 15) is 4.79 Å². The molecule has 2 N–H and O–H groups in total. The Hall–Kier alpha value is -1.39. The molecule has 0 aliphatic carbocycles. The first-order valence-corrected chi connectivity index (χ1v) is 7.75. The molecule has 114 valence electrons. The van der Waals surface area contributed by atoms with E-state index in [2.05, 4.69) is 30.7 Å². The third kappa shape index (κ3) is 4.62. The molecule has 20 heavy (non-hydrogen) atoms. The van der Waals surface area contributed by atoms with Crippen LogP contribution in [0.2, 0.25) is 0 Å². The van der Waals surface area contributed by atoms with Gasteiger partial charge in [0, 0.05) is 5.54 Å². The molecule has 1 aromatic heterocycles. The molecule has 5 nitrogen and oxygen atoms in total. The number of rotatable bonds is 9. The molecule has 0 saturated carbocycles. The lowest BCUT2D eigenvalue weighted by Gasteiger charge is -2.31. The van der Waals surface area contributed by atoms with Gasteiger partial charge in [0.25, 0.3) is 0 Å². The maximum absolute atomic E-state index is 12.1. The molecule has 1 aromatic rings. The molecule has 0 spiro atoms. The third-order valence-corrected chi connectivity index (χ3v) is 3.94. The fraction of sp³-hybridized carbons (Fsp3) is 0.800. The smallest absolute Gasteiger partial charge is 0.352 e. The van der Waals surface area contributed by atoms with Gasteiger partial charge in [0.15, 0.2) is 0 Å². The molecule has 0 aromatic carbocycles. The standard InChI is InChI=1S/C15H28N4O/c1-4-6-8-10-15(3,11-9-7-5-2)19-12-17-13(16)18-14(19)20/h12H,4-11H2,1-3H3,(H2,16,18,20). The lowest BCUT2D eigenvalue weighted by molar-refractivity contribution is 0.239. The number of hydrogen-bond acceptors (Lipinski definition) is 4. The van der Waals surface area contributed by atoms with Gasteiger partial charge in [-0.25, -0.2) is 9.78 Å². The molecule has 5 heteroatoms. The number of unbranched alkanes of at least 4 members (excludes halogenated alkanes) is 4. The minimum Gasteiger partial charge on any atom is -0.368 e. The Labute approximate surface area is 121 Å². The normalized spacial score (nSPS) is 11.8. The van der Waals surface area contributed by atoms with Crippen LogP contribution in [0.1, 0.15) is 72.1 Å². The van der Waals surface area contributed by atoms with Gasteiger partial charge in [0.05, 0.1) is 0 Å². The maximum atomic E-state index is 12.1. The topological polar surface area (TPSA) is 73.8 Å². The largest absolute Gasteiger partial charge is 0.368 e. The highest BCUT2D eigenvalue weighted by Gasteiger charge is 2.27. The average molecular weight is 280 g/mol. The van der Waals surface area contributed by atoms with Gasteiger partial charge in [0.2, 0.25) is 5.95 Å². The third-order valence-electron chi connectivity index (χ3n) is 3.94. The van der Waals surface area contributed by atoms with Crippen LogP contribution in [0.4, 0.5) is 5.95 Å². The molecule has 1 rings (SSSR count). The molecule has 0 aliphatic rings. The van der Waals surface area contributed by atoms with Gasteiger partial charge < -0.3 is 5.73 Å². The van der Waals surface area contributed by atoms with Crippen molar-refractivity contribution in [2.45, 2.75) is 77.7 Å². The zero-order valence-electron chi connectivity index (χ0n) is 13.1. The van der Waals surface area contributed by atoms with E-state index < -0.39 is 0 Å². The van der Waals surface area contributed by atoms with Crippen molar-refractivity contribution >= 4 is 5.95 Å². The van der Waals surface area contributed by atoms with Crippen LogP contribution in [0.15, 0.2) is 11.1 Å². The Balaban J connectivity index is 2.92. The minimum absolute atomic E-state index is 0.0516. The number of hydrogen-bond donors (Lipinski definition) is 1. The SMILES string of the molecule is CCCCCC(C)(CCCCC)n1cnc(N)nc1=O. The molecule has 0 radical (unpaired) electrons. The van der Waals surface area contributed by atoms with Gasteiger partial charge in [-0.1, -0.05) is 52.4 Å². The predicted octanol–water partition coefficient (Wildman–Crippen LogP) is 3.10. The minimum atomic E-state index is -0.284. The number of nitrogens with zero attached hydrogens (tertiary/aromatic N) is 3. The number of nitrogen functional groups attached to an aromatic ring is 1. The summed E-state index contributed by atoms with van der Waals surface area (Å²) >= 11 is 0. The van der Waals surface area contributed by atoms with Crippen LogP contribution < -0.4 is 11.4 Å². The Bertz CT molecular complexity index is 445. The molecular formula is C15H28N4O. The van der Waals surface area contributed by atoms with Crippen LogP contribution in [0.25, 0.3) is 0 Å². The predicted molar refractivity (Wildman–Crippen MR) is 82.6 cm³/mol. The van der Waals surface area contributed by atoms with Crippen LogP contribution in [0.3, 0.4) is 0 Å². The van der Waals surface area contributed by atoms with Crippen LogP contribution in [-0.2, 0) is 5.54 Å². The highest BCUT2D eigenvalue weighted by atomic mass is 16.1. The van der Waals surface area contributed by atoms with Gasteiger partial charge in [0.1, 0.15) is 6.33 Å². The van der Waals surface area contributed by atoms with Crippen LogP contribution >= 0.6 is 0 Å². The van der Waals surface area contributed by atoms with Gasteiger partial charge in [-0.2, -0.15) is 4.98 Å². The summed E-state index contributed by atoms with van der Waals surface area (Å²) in [5.41, 5.74) is 5.00. The monoisotopic (exact) mass is 280 g/mol. The molecule has 0 atom stereocenters. The molecule has 0 bridgehead atoms. The Kier molecular flexibility index (Phi) is 6.68. The van der Waals surface area contributed by atoms with E-state index in [1.807, 2.05) is 0 Å². The molecular weight excluding hydrogens is 252 g/mol. The average Bonchev–Trinajstić information content (AvgIpc) is 2.39. The van der Waals surface area contributed by atoms with E-state index in [0.29, 0.717) is 0 Å². The summed E-state index contributed by atoms with van der Waals surface area (Å²) in [5.74, 6) is 0.0516. The molecule has 0 saturated heterocycles. The van der Waals surface area contributed by atoms with Crippen molar-refractivity contribution in [1.82, 2.24) is 14.5 Å². The number of anilines is 1. The zero-order chi connectivity index (χ0) is 15.0. The lowest BCUT2D eigenvalue weighted by atomic mass is 9.88. The molecule has 0 unspecified atom stereocenters. The zero-order valence-corrected chi connectivity index (χ0v) is 13.1. The number of aromatic nitrogens is 3. The van der Waals surface area contributed by atoms with Gasteiger partial charge >= 0.3 is 5.69 Å².